The summed E-state index contributed by atoms with van der Waals surface area (Å²) in [5, 5.41) is 5.13. The minimum absolute atomic E-state index is 0.0146. The number of thiazole rings is 1. The molecule has 0 amide bonds. The fourth-order valence-corrected chi connectivity index (χ4v) is 2.51. The van der Waals surface area contributed by atoms with Crippen molar-refractivity contribution in [2.75, 3.05) is 0 Å². The van der Waals surface area contributed by atoms with Crippen molar-refractivity contribution in [3.8, 4) is 5.19 Å². The van der Waals surface area contributed by atoms with Crippen molar-refractivity contribution >= 4 is 22.1 Å². The molecule has 2 aromatic carbocycles. The lowest BCUT2D eigenvalue weighted by Gasteiger charge is -2.13. The molecular formula is C15H13NOS. The molecule has 0 saturated heterocycles. The average Bonchev–Trinajstić information content (AvgIpc) is 2.91. The average molecular weight is 255 g/mol. The Morgan fingerprint density at radius 1 is 1.11 bits per heavy atom. The summed E-state index contributed by atoms with van der Waals surface area (Å²) < 4.78 is 5.80. The zero-order valence-corrected chi connectivity index (χ0v) is 10.9. The first kappa shape index (κ1) is 11.2. The van der Waals surface area contributed by atoms with Crippen molar-refractivity contribution in [2.45, 2.75) is 13.0 Å². The van der Waals surface area contributed by atoms with Crippen LogP contribution in [0.1, 0.15) is 18.6 Å². The summed E-state index contributed by atoms with van der Waals surface area (Å²) in [6.45, 7) is 2.05. The quantitative estimate of drug-likeness (QED) is 0.690. The fourth-order valence-electron chi connectivity index (χ4n) is 1.95. The number of hydrogen-bond donors (Lipinski definition) is 0. The largest absolute Gasteiger partial charge is 0.462 e. The number of nitrogens with zero attached hydrogens (tertiary/aromatic N) is 1. The van der Waals surface area contributed by atoms with Gasteiger partial charge in [-0.3, -0.25) is 0 Å². The van der Waals surface area contributed by atoms with Gasteiger partial charge in [-0.1, -0.05) is 47.7 Å². The van der Waals surface area contributed by atoms with Crippen LogP contribution >= 0.6 is 11.3 Å². The highest BCUT2D eigenvalue weighted by Crippen LogP contribution is 2.25. The Bertz CT molecular complexity index is 648. The van der Waals surface area contributed by atoms with E-state index in [1.165, 1.54) is 27.7 Å². The predicted octanol–water partition coefficient (Wildman–Crippen LogP) is 4.44. The maximum absolute atomic E-state index is 5.80. The molecule has 1 atom stereocenters. The third-order valence-corrected chi connectivity index (χ3v) is 3.59. The number of rotatable bonds is 3. The van der Waals surface area contributed by atoms with Gasteiger partial charge in [-0.25, -0.2) is 4.98 Å². The van der Waals surface area contributed by atoms with Gasteiger partial charge in [0.2, 0.25) is 0 Å². The van der Waals surface area contributed by atoms with Crippen LogP contribution in [0.4, 0.5) is 0 Å². The molecule has 3 rings (SSSR count). The van der Waals surface area contributed by atoms with Crippen molar-refractivity contribution in [1.29, 1.82) is 0 Å². The van der Waals surface area contributed by atoms with E-state index in [4.69, 9.17) is 4.74 Å². The highest BCUT2D eigenvalue weighted by molar-refractivity contribution is 7.11. The number of hydrogen-bond acceptors (Lipinski definition) is 3. The second kappa shape index (κ2) is 4.78. The molecule has 1 aromatic heterocycles. The van der Waals surface area contributed by atoms with Crippen LogP contribution in [-0.4, -0.2) is 4.98 Å². The fraction of sp³-hybridized carbons (Fsp3) is 0.133. The molecule has 3 aromatic rings. The standard InChI is InChI=1S/C15H13NOS/c1-11(17-15-16-8-9-18-15)13-7-6-12-4-2-3-5-14(12)10-13/h2-11H,1H3. The van der Waals surface area contributed by atoms with Gasteiger partial charge in [0, 0.05) is 11.6 Å². The van der Waals surface area contributed by atoms with Crippen molar-refractivity contribution < 1.29 is 4.74 Å². The molecule has 90 valence electrons. The molecule has 0 aliphatic heterocycles. The molecular weight excluding hydrogens is 242 g/mol. The maximum Gasteiger partial charge on any atom is 0.273 e. The highest BCUT2D eigenvalue weighted by Gasteiger charge is 2.09. The Kier molecular flexibility index (Phi) is 2.99. The minimum Gasteiger partial charge on any atom is -0.462 e. The lowest BCUT2D eigenvalue weighted by atomic mass is 10.0. The van der Waals surface area contributed by atoms with Crippen molar-refractivity contribution in [2.24, 2.45) is 0 Å². The van der Waals surface area contributed by atoms with Gasteiger partial charge in [-0.2, -0.15) is 0 Å². The summed E-state index contributed by atoms with van der Waals surface area (Å²) in [5.41, 5.74) is 1.17. The minimum atomic E-state index is 0.0146. The second-order valence-electron chi connectivity index (χ2n) is 4.16. The normalized spacial score (nSPS) is 12.5. The van der Waals surface area contributed by atoms with E-state index in [2.05, 4.69) is 47.4 Å². The first-order valence-corrected chi connectivity index (χ1v) is 6.76. The van der Waals surface area contributed by atoms with Gasteiger partial charge in [0.25, 0.3) is 5.19 Å². The molecule has 2 nitrogen and oxygen atoms in total. The van der Waals surface area contributed by atoms with Crippen molar-refractivity contribution in [3.05, 3.63) is 59.6 Å². The molecule has 0 saturated carbocycles. The monoisotopic (exact) mass is 255 g/mol. The Labute approximate surface area is 110 Å². The lowest BCUT2D eigenvalue weighted by Crippen LogP contribution is -2.02. The second-order valence-corrected chi connectivity index (χ2v) is 5.02. The van der Waals surface area contributed by atoms with E-state index in [1.807, 2.05) is 12.3 Å². The molecule has 1 heterocycles. The summed E-state index contributed by atoms with van der Waals surface area (Å²) in [7, 11) is 0. The molecule has 0 aliphatic rings. The molecule has 0 N–H and O–H groups in total. The molecule has 3 heteroatoms. The zero-order chi connectivity index (χ0) is 12.4. The summed E-state index contributed by atoms with van der Waals surface area (Å²) in [5.74, 6) is 0. The first-order chi connectivity index (χ1) is 8.83. The summed E-state index contributed by atoms with van der Waals surface area (Å²) in [4.78, 5) is 4.14. The third-order valence-electron chi connectivity index (χ3n) is 2.93. The van der Waals surface area contributed by atoms with E-state index in [1.54, 1.807) is 6.20 Å². The van der Waals surface area contributed by atoms with Gasteiger partial charge in [0.05, 0.1) is 0 Å². The molecule has 1 unspecified atom stereocenters. The van der Waals surface area contributed by atoms with E-state index in [0.29, 0.717) is 0 Å². The Morgan fingerprint density at radius 3 is 2.72 bits per heavy atom. The van der Waals surface area contributed by atoms with Gasteiger partial charge in [-0.15, -0.1) is 0 Å². The van der Waals surface area contributed by atoms with Gasteiger partial charge < -0.3 is 4.74 Å². The van der Waals surface area contributed by atoms with Crippen LogP contribution in [0.15, 0.2) is 54.0 Å². The van der Waals surface area contributed by atoms with Crippen LogP contribution in [0.2, 0.25) is 0 Å². The molecule has 0 bridgehead atoms. The van der Waals surface area contributed by atoms with Gasteiger partial charge in [-0.05, 0) is 29.3 Å². The van der Waals surface area contributed by atoms with Crippen molar-refractivity contribution in [1.82, 2.24) is 4.98 Å². The van der Waals surface area contributed by atoms with Crippen LogP contribution in [0, 0.1) is 0 Å². The first-order valence-electron chi connectivity index (χ1n) is 5.88. The number of fused-ring (bicyclic) bond motifs is 1. The van der Waals surface area contributed by atoms with E-state index in [0.717, 1.165) is 5.19 Å². The number of benzene rings is 2. The molecule has 0 aliphatic carbocycles. The van der Waals surface area contributed by atoms with E-state index in [-0.39, 0.29) is 6.10 Å². The van der Waals surface area contributed by atoms with E-state index in [9.17, 15) is 0 Å². The van der Waals surface area contributed by atoms with Gasteiger partial charge >= 0.3 is 0 Å². The predicted molar refractivity (Wildman–Crippen MR) is 75.1 cm³/mol. The molecule has 0 spiro atoms. The van der Waals surface area contributed by atoms with Crippen LogP contribution in [0.3, 0.4) is 0 Å². The zero-order valence-electron chi connectivity index (χ0n) is 10.0. The maximum atomic E-state index is 5.80. The van der Waals surface area contributed by atoms with Crippen LogP contribution in [-0.2, 0) is 0 Å². The van der Waals surface area contributed by atoms with Gasteiger partial charge in [0.1, 0.15) is 6.10 Å². The summed E-state index contributed by atoms with van der Waals surface area (Å²) >= 11 is 1.52. The summed E-state index contributed by atoms with van der Waals surface area (Å²) in [6, 6.07) is 14.8. The smallest absolute Gasteiger partial charge is 0.273 e. The number of aromatic nitrogens is 1. The highest BCUT2D eigenvalue weighted by atomic mass is 32.1. The Balaban J connectivity index is 1.89. The third kappa shape index (κ3) is 2.22. The van der Waals surface area contributed by atoms with Crippen molar-refractivity contribution in [3.63, 3.8) is 0 Å². The van der Waals surface area contributed by atoms with E-state index >= 15 is 0 Å². The van der Waals surface area contributed by atoms with Crippen LogP contribution in [0.5, 0.6) is 5.19 Å². The number of ether oxygens (including phenoxy) is 1. The van der Waals surface area contributed by atoms with Crippen LogP contribution in [0.25, 0.3) is 10.8 Å². The van der Waals surface area contributed by atoms with E-state index < -0.39 is 0 Å². The summed E-state index contributed by atoms with van der Waals surface area (Å²) in [6.07, 6.45) is 1.77. The Morgan fingerprint density at radius 2 is 1.94 bits per heavy atom. The molecule has 0 fully saturated rings. The topological polar surface area (TPSA) is 22.1 Å². The lowest BCUT2D eigenvalue weighted by molar-refractivity contribution is 0.226. The Hall–Kier alpha value is -1.87. The molecule has 0 radical (unpaired) electrons. The van der Waals surface area contributed by atoms with Crippen LogP contribution < -0.4 is 4.74 Å². The SMILES string of the molecule is CC(Oc1nccs1)c1ccc2ccccc2c1. The van der Waals surface area contributed by atoms with Gasteiger partial charge in [0.15, 0.2) is 0 Å². The molecule has 18 heavy (non-hydrogen) atoms.